The van der Waals surface area contributed by atoms with Crippen LogP contribution in [-0.2, 0) is 0 Å². The molecule has 2 nitrogen and oxygen atoms in total. The number of halogens is 1. The summed E-state index contributed by atoms with van der Waals surface area (Å²) in [6.07, 6.45) is 0. The fourth-order valence-electron chi connectivity index (χ4n) is 1.32. The first-order valence-corrected chi connectivity index (χ1v) is 4.64. The quantitative estimate of drug-likeness (QED) is 0.693. The van der Waals surface area contributed by atoms with Crippen molar-refractivity contribution in [1.82, 2.24) is 0 Å². The lowest BCUT2D eigenvalue weighted by molar-refractivity contribution is 0.476. The average molecular weight is 238 g/mol. The van der Waals surface area contributed by atoms with Gasteiger partial charge in [-0.05, 0) is 30.3 Å². The normalized spacial score (nSPS) is 10.5. The Bertz CT molecular complexity index is 468. The Kier molecular flexibility index (Phi) is 1.88. The summed E-state index contributed by atoms with van der Waals surface area (Å²) in [5.41, 5.74) is 6.49. The fraction of sp³-hybridized carbons (Fsp3) is 0. The van der Waals surface area contributed by atoms with Gasteiger partial charge in [-0.2, -0.15) is 0 Å². The van der Waals surface area contributed by atoms with Gasteiger partial charge >= 0.3 is 0 Å². The van der Waals surface area contributed by atoms with Crippen molar-refractivity contribution < 1.29 is 5.11 Å². The number of anilines is 1. The molecule has 0 unspecified atom stereocenters. The molecule has 0 aromatic heterocycles. The van der Waals surface area contributed by atoms with Crippen molar-refractivity contribution in [2.75, 3.05) is 5.73 Å². The van der Waals surface area contributed by atoms with Crippen molar-refractivity contribution in [1.29, 1.82) is 0 Å². The molecule has 2 aromatic carbocycles. The summed E-state index contributed by atoms with van der Waals surface area (Å²) in [4.78, 5) is 0. The number of nitrogens with two attached hydrogens (primary N) is 1. The Morgan fingerprint density at radius 2 is 1.85 bits per heavy atom. The minimum atomic E-state index is 0.249. The van der Waals surface area contributed by atoms with Gasteiger partial charge in [0.1, 0.15) is 5.75 Å². The Morgan fingerprint density at radius 1 is 1.08 bits per heavy atom. The highest BCUT2D eigenvalue weighted by atomic mass is 79.9. The van der Waals surface area contributed by atoms with Crippen molar-refractivity contribution in [3.63, 3.8) is 0 Å². The molecule has 0 aliphatic rings. The Labute approximate surface area is 84.1 Å². The SMILES string of the molecule is Nc1ccc(Br)c2cc(O)ccc12. The van der Waals surface area contributed by atoms with Crippen LogP contribution in [0, 0.1) is 0 Å². The van der Waals surface area contributed by atoms with Gasteiger partial charge in [0.05, 0.1) is 0 Å². The maximum absolute atomic E-state index is 9.28. The molecule has 0 amide bonds. The van der Waals surface area contributed by atoms with Crippen molar-refractivity contribution in [3.8, 4) is 5.75 Å². The van der Waals surface area contributed by atoms with E-state index >= 15 is 0 Å². The number of nitrogen functional groups attached to an aromatic ring is 1. The van der Waals surface area contributed by atoms with Crippen molar-refractivity contribution in [2.24, 2.45) is 0 Å². The third-order valence-corrected chi connectivity index (χ3v) is 2.67. The van der Waals surface area contributed by atoms with E-state index in [1.165, 1.54) is 0 Å². The zero-order valence-corrected chi connectivity index (χ0v) is 8.38. The number of fused-ring (bicyclic) bond motifs is 1. The second-order valence-electron chi connectivity index (χ2n) is 2.87. The molecule has 0 aliphatic carbocycles. The van der Waals surface area contributed by atoms with Crippen molar-refractivity contribution in [2.45, 2.75) is 0 Å². The summed E-state index contributed by atoms with van der Waals surface area (Å²) in [7, 11) is 0. The number of hydrogen-bond donors (Lipinski definition) is 2. The fourth-order valence-corrected chi connectivity index (χ4v) is 1.78. The molecular weight excluding hydrogens is 230 g/mol. The zero-order valence-electron chi connectivity index (χ0n) is 6.79. The second-order valence-corrected chi connectivity index (χ2v) is 3.72. The van der Waals surface area contributed by atoms with Crippen LogP contribution in [0.25, 0.3) is 10.8 Å². The van der Waals surface area contributed by atoms with Crippen LogP contribution in [0.15, 0.2) is 34.8 Å². The first-order chi connectivity index (χ1) is 6.18. The maximum atomic E-state index is 9.28. The van der Waals surface area contributed by atoms with Crippen LogP contribution in [0.5, 0.6) is 5.75 Å². The number of benzene rings is 2. The highest BCUT2D eigenvalue weighted by molar-refractivity contribution is 9.10. The van der Waals surface area contributed by atoms with Gasteiger partial charge in [-0.1, -0.05) is 15.9 Å². The topological polar surface area (TPSA) is 46.2 Å². The molecule has 13 heavy (non-hydrogen) atoms. The van der Waals surface area contributed by atoms with E-state index in [2.05, 4.69) is 15.9 Å². The summed E-state index contributed by atoms with van der Waals surface area (Å²) in [6, 6.07) is 8.84. The van der Waals surface area contributed by atoms with E-state index in [4.69, 9.17) is 5.73 Å². The summed E-state index contributed by atoms with van der Waals surface area (Å²) in [5, 5.41) is 11.2. The van der Waals surface area contributed by atoms with Gasteiger partial charge in [-0.25, -0.2) is 0 Å². The van der Waals surface area contributed by atoms with Crippen LogP contribution in [0.3, 0.4) is 0 Å². The first-order valence-electron chi connectivity index (χ1n) is 3.85. The number of rotatable bonds is 0. The molecule has 0 bridgehead atoms. The highest BCUT2D eigenvalue weighted by Crippen LogP contribution is 2.30. The lowest BCUT2D eigenvalue weighted by Crippen LogP contribution is -1.86. The van der Waals surface area contributed by atoms with Crippen LogP contribution in [0.1, 0.15) is 0 Å². The molecule has 2 aromatic rings. The Balaban J connectivity index is 2.92. The molecule has 66 valence electrons. The molecule has 0 aliphatic heterocycles. The molecule has 0 saturated heterocycles. The summed E-state index contributed by atoms with van der Waals surface area (Å²) < 4.78 is 0.938. The monoisotopic (exact) mass is 237 g/mol. The van der Waals surface area contributed by atoms with Gasteiger partial charge < -0.3 is 10.8 Å². The average Bonchev–Trinajstić information content (AvgIpc) is 2.12. The predicted molar refractivity (Wildman–Crippen MR) is 57.7 cm³/mol. The molecule has 0 atom stereocenters. The van der Waals surface area contributed by atoms with Crippen LogP contribution in [0.2, 0.25) is 0 Å². The predicted octanol–water partition coefficient (Wildman–Crippen LogP) is 2.89. The third-order valence-electron chi connectivity index (χ3n) is 1.98. The van der Waals surface area contributed by atoms with Gasteiger partial charge in [0.15, 0.2) is 0 Å². The zero-order chi connectivity index (χ0) is 9.42. The van der Waals surface area contributed by atoms with Crippen LogP contribution < -0.4 is 5.73 Å². The van der Waals surface area contributed by atoms with Crippen LogP contribution in [0.4, 0.5) is 5.69 Å². The molecule has 0 saturated carbocycles. The van der Waals surface area contributed by atoms with Gasteiger partial charge in [0.2, 0.25) is 0 Å². The largest absolute Gasteiger partial charge is 0.508 e. The molecule has 2 rings (SSSR count). The third kappa shape index (κ3) is 1.35. The van der Waals surface area contributed by atoms with E-state index < -0.39 is 0 Å². The summed E-state index contributed by atoms with van der Waals surface area (Å²) >= 11 is 3.40. The van der Waals surface area contributed by atoms with Crippen molar-refractivity contribution >= 4 is 32.4 Å². The lowest BCUT2D eigenvalue weighted by atomic mass is 10.1. The van der Waals surface area contributed by atoms with Gasteiger partial charge in [-0.3, -0.25) is 0 Å². The molecule has 0 heterocycles. The van der Waals surface area contributed by atoms with E-state index in [1.54, 1.807) is 12.1 Å². The number of aromatic hydroxyl groups is 1. The van der Waals surface area contributed by atoms with E-state index in [1.807, 2.05) is 18.2 Å². The van der Waals surface area contributed by atoms with Gasteiger partial charge in [-0.15, -0.1) is 0 Å². The molecule has 3 heteroatoms. The van der Waals surface area contributed by atoms with Crippen molar-refractivity contribution in [3.05, 3.63) is 34.8 Å². The maximum Gasteiger partial charge on any atom is 0.116 e. The van der Waals surface area contributed by atoms with E-state index in [0.717, 1.165) is 20.9 Å². The molecule has 0 spiro atoms. The Hall–Kier alpha value is -1.22. The lowest BCUT2D eigenvalue weighted by Gasteiger charge is -2.04. The Morgan fingerprint density at radius 3 is 2.62 bits per heavy atom. The minimum absolute atomic E-state index is 0.249. The van der Waals surface area contributed by atoms with Crippen LogP contribution in [-0.4, -0.2) is 5.11 Å². The number of phenolic OH excluding ortho intramolecular Hbond substituents is 1. The minimum Gasteiger partial charge on any atom is -0.508 e. The first kappa shape index (κ1) is 8.38. The second kappa shape index (κ2) is 2.92. The standard InChI is InChI=1S/C10H8BrNO/c11-9-3-4-10(12)7-2-1-6(13)5-8(7)9/h1-5,13H,12H2. The smallest absolute Gasteiger partial charge is 0.116 e. The number of hydrogen-bond acceptors (Lipinski definition) is 2. The number of phenols is 1. The molecule has 0 radical (unpaired) electrons. The molecular formula is C10H8BrNO. The molecule has 3 N–H and O–H groups in total. The van der Waals surface area contributed by atoms with E-state index in [0.29, 0.717) is 0 Å². The van der Waals surface area contributed by atoms with E-state index in [9.17, 15) is 5.11 Å². The van der Waals surface area contributed by atoms with E-state index in [-0.39, 0.29) is 5.75 Å². The highest BCUT2D eigenvalue weighted by Gasteiger charge is 2.02. The van der Waals surface area contributed by atoms with Gasteiger partial charge in [0.25, 0.3) is 0 Å². The van der Waals surface area contributed by atoms with Gasteiger partial charge in [0, 0.05) is 20.9 Å². The van der Waals surface area contributed by atoms with Crippen LogP contribution >= 0.6 is 15.9 Å². The summed E-state index contributed by atoms with van der Waals surface area (Å²) in [5.74, 6) is 0.249. The summed E-state index contributed by atoms with van der Waals surface area (Å²) in [6.45, 7) is 0. The molecule has 0 fully saturated rings.